The second-order valence-electron chi connectivity index (χ2n) is 12.6. The van der Waals surface area contributed by atoms with Gasteiger partial charge in [-0.3, -0.25) is 4.98 Å². The van der Waals surface area contributed by atoms with Crippen LogP contribution < -0.4 is 0 Å². The summed E-state index contributed by atoms with van der Waals surface area (Å²) in [4.78, 5) is 20.7. The zero-order valence-electron chi connectivity index (χ0n) is 26.9. The molecule has 10 rings (SSSR count). The Kier molecular flexibility index (Phi) is 6.71. The van der Waals surface area contributed by atoms with E-state index in [-0.39, 0.29) is 5.92 Å². The lowest BCUT2D eigenvalue weighted by atomic mass is 9.88. The maximum absolute atomic E-state index is 5.35. The molecule has 50 heavy (non-hydrogen) atoms. The van der Waals surface area contributed by atoms with Crippen molar-refractivity contribution in [2.45, 2.75) is 5.92 Å². The van der Waals surface area contributed by atoms with Crippen molar-refractivity contribution >= 4 is 31.5 Å². The first kappa shape index (κ1) is 28.7. The fourth-order valence-electron chi connectivity index (χ4n) is 7.32. The molecule has 5 heteroatoms. The van der Waals surface area contributed by atoms with Crippen LogP contribution in [0.4, 0.5) is 0 Å². The molecule has 0 fully saturated rings. The number of pyridine rings is 1. The molecule has 0 saturated heterocycles. The zero-order valence-corrected chi connectivity index (χ0v) is 27.7. The molecule has 0 radical (unpaired) electrons. The van der Waals surface area contributed by atoms with Gasteiger partial charge in [0.05, 0.1) is 11.6 Å². The predicted octanol–water partition coefficient (Wildman–Crippen LogP) is 11.5. The van der Waals surface area contributed by atoms with Gasteiger partial charge >= 0.3 is 0 Å². The van der Waals surface area contributed by atoms with Gasteiger partial charge in [0.15, 0.2) is 17.5 Å². The zero-order chi connectivity index (χ0) is 33.0. The first-order valence-electron chi connectivity index (χ1n) is 16.8. The monoisotopic (exact) mass is 656 g/mol. The van der Waals surface area contributed by atoms with E-state index in [9.17, 15) is 0 Å². The van der Waals surface area contributed by atoms with E-state index in [1.165, 1.54) is 42.4 Å². The number of hydrogen-bond acceptors (Lipinski definition) is 5. The van der Waals surface area contributed by atoms with Crippen molar-refractivity contribution in [1.82, 2.24) is 19.9 Å². The summed E-state index contributed by atoms with van der Waals surface area (Å²) < 4.78 is 2.60. The third-order valence-corrected chi connectivity index (χ3v) is 10.8. The molecule has 0 spiro atoms. The van der Waals surface area contributed by atoms with Crippen LogP contribution in [-0.2, 0) is 0 Å². The van der Waals surface area contributed by atoms with Crippen LogP contribution in [0.2, 0.25) is 0 Å². The van der Waals surface area contributed by atoms with Crippen LogP contribution in [0.25, 0.3) is 76.6 Å². The minimum Gasteiger partial charge on any atom is -0.259 e. The van der Waals surface area contributed by atoms with E-state index in [1.807, 2.05) is 84.3 Å². The second kappa shape index (κ2) is 11.7. The highest BCUT2D eigenvalue weighted by Gasteiger charge is 2.34. The Hall–Kier alpha value is -6.30. The number of hydrogen-bond donors (Lipinski definition) is 0. The lowest BCUT2D eigenvalue weighted by Crippen LogP contribution is -2.08. The van der Waals surface area contributed by atoms with Gasteiger partial charge in [-0.15, -0.1) is 11.3 Å². The van der Waals surface area contributed by atoms with Crippen LogP contribution in [0.15, 0.2) is 164 Å². The standard InChI is InChI=1S/C45H28N4S/c1-4-14-28(15-5-1)31-24-38(45-48-43(29-16-6-2-7-17-29)47-44(49-45)30-18-8-3-9-19-30)42(46-27-31)41-34-22-11-10-20-32(34)35-26-40-36(25-37(35)41)33-21-12-13-23-39(33)50-40/h1-27,41H. The van der Waals surface area contributed by atoms with E-state index in [4.69, 9.17) is 19.9 Å². The van der Waals surface area contributed by atoms with E-state index in [1.54, 1.807) is 0 Å². The Morgan fingerprint density at radius 3 is 1.72 bits per heavy atom. The largest absolute Gasteiger partial charge is 0.259 e. The fourth-order valence-corrected chi connectivity index (χ4v) is 8.45. The first-order valence-corrected chi connectivity index (χ1v) is 17.6. The quantitative estimate of drug-likeness (QED) is 0.185. The predicted molar refractivity (Wildman–Crippen MR) is 205 cm³/mol. The SMILES string of the molecule is c1ccc(-c2cnc(C3c4ccccc4-c4cc5sc6ccccc6c5cc43)c(-c3nc(-c4ccccc4)nc(-c4ccccc4)n3)c2)cc1. The molecule has 1 atom stereocenters. The number of fused-ring (bicyclic) bond motifs is 6. The molecule has 1 aliphatic rings. The number of rotatable bonds is 5. The van der Waals surface area contributed by atoms with Crippen molar-refractivity contribution in [2.24, 2.45) is 0 Å². The first-order chi connectivity index (χ1) is 24.8. The third-order valence-electron chi connectivity index (χ3n) is 9.66. The van der Waals surface area contributed by atoms with Crippen molar-refractivity contribution in [2.75, 3.05) is 0 Å². The Labute approximate surface area is 293 Å². The molecule has 9 aromatic rings. The van der Waals surface area contributed by atoms with Crippen LogP contribution in [0.5, 0.6) is 0 Å². The number of benzene rings is 6. The molecular formula is C45H28N4S. The Bertz CT molecular complexity index is 2650. The van der Waals surface area contributed by atoms with Gasteiger partial charge in [-0.1, -0.05) is 133 Å². The average molecular weight is 657 g/mol. The van der Waals surface area contributed by atoms with Gasteiger partial charge in [0.25, 0.3) is 0 Å². The molecule has 6 aromatic carbocycles. The van der Waals surface area contributed by atoms with E-state index in [0.29, 0.717) is 17.5 Å². The Morgan fingerprint density at radius 1 is 0.400 bits per heavy atom. The van der Waals surface area contributed by atoms with E-state index in [0.717, 1.165) is 33.5 Å². The van der Waals surface area contributed by atoms with Gasteiger partial charge in [-0.25, -0.2) is 15.0 Å². The van der Waals surface area contributed by atoms with Crippen molar-refractivity contribution in [3.8, 4) is 56.4 Å². The topological polar surface area (TPSA) is 51.6 Å². The van der Waals surface area contributed by atoms with Gasteiger partial charge in [0, 0.05) is 48.6 Å². The summed E-state index contributed by atoms with van der Waals surface area (Å²) >= 11 is 1.86. The van der Waals surface area contributed by atoms with Crippen LogP contribution >= 0.6 is 11.3 Å². The van der Waals surface area contributed by atoms with Crippen molar-refractivity contribution < 1.29 is 0 Å². The maximum Gasteiger partial charge on any atom is 0.165 e. The van der Waals surface area contributed by atoms with E-state index < -0.39 is 0 Å². The summed E-state index contributed by atoms with van der Waals surface area (Å²) in [5, 5.41) is 2.57. The minimum absolute atomic E-state index is 0.110. The fraction of sp³-hybridized carbons (Fsp3) is 0.0222. The van der Waals surface area contributed by atoms with Gasteiger partial charge in [0.2, 0.25) is 0 Å². The number of nitrogens with zero attached hydrogens (tertiary/aromatic N) is 4. The molecule has 0 amide bonds. The van der Waals surface area contributed by atoms with Crippen LogP contribution in [0.3, 0.4) is 0 Å². The lowest BCUT2D eigenvalue weighted by Gasteiger charge is -2.19. The van der Waals surface area contributed by atoms with Gasteiger partial charge < -0.3 is 0 Å². The van der Waals surface area contributed by atoms with Gasteiger partial charge in [0.1, 0.15) is 0 Å². The summed E-state index contributed by atoms with van der Waals surface area (Å²) in [6.45, 7) is 0. The molecule has 1 unspecified atom stereocenters. The van der Waals surface area contributed by atoms with E-state index in [2.05, 4.69) is 91.0 Å². The third kappa shape index (κ3) is 4.74. The second-order valence-corrected chi connectivity index (χ2v) is 13.7. The van der Waals surface area contributed by atoms with Crippen LogP contribution in [-0.4, -0.2) is 19.9 Å². The van der Waals surface area contributed by atoms with Crippen molar-refractivity contribution in [3.05, 3.63) is 181 Å². The van der Waals surface area contributed by atoms with Crippen LogP contribution in [0, 0.1) is 0 Å². The van der Waals surface area contributed by atoms with Crippen molar-refractivity contribution in [3.63, 3.8) is 0 Å². The normalized spacial score (nSPS) is 13.4. The van der Waals surface area contributed by atoms with Gasteiger partial charge in [-0.2, -0.15) is 0 Å². The number of thiophene rings is 1. The molecule has 3 heterocycles. The molecule has 4 nitrogen and oxygen atoms in total. The summed E-state index contributed by atoms with van der Waals surface area (Å²) in [5.74, 6) is 1.75. The molecule has 234 valence electrons. The maximum atomic E-state index is 5.35. The smallest absolute Gasteiger partial charge is 0.165 e. The molecule has 0 N–H and O–H groups in total. The highest BCUT2D eigenvalue weighted by molar-refractivity contribution is 7.25. The average Bonchev–Trinajstić information content (AvgIpc) is 3.72. The Morgan fingerprint density at radius 2 is 1.00 bits per heavy atom. The minimum atomic E-state index is -0.110. The highest BCUT2D eigenvalue weighted by atomic mass is 32.1. The van der Waals surface area contributed by atoms with E-state index >= 15 is 0 Å². The summed E-state index contributed by atoms with van der Waals surface area (Å²) in [7, 11) is 0. The number of aromatic nitrogens is 4. The Balaban J connectivity index is 1.26. The molecule has 0 saturated carbocycles. The summed E-state index contributed by atoms with van der Waals surface area (Å²) in [5.41, 5.74) is 10.8. The van der Waals surface area contributed by atoms with Crippen LogP contribution in [0.1, 0.15) is 22.7 Å². The lowest BCUT2D eigenvalue weighted by molar-refractivity contribution is 0.942. The molecular weight excluding hydrogens is 629 g/mol. The summed E-state index contributed by atoms with van der Waals surface area (Å²) in [6, 6.07) is 55.2. The molecule has 3 aromatic heterocycles. The molecule has 0 bridgehead atoms. The van der Waals surface area contributed by atoms with Gasteiger partial charge in [-0.05, 0) is 52.1 Å². The summed E-state index contributed by atoms with van der Waals surface area (Å²) in [6.07, 6.45) is 2.00. The molecule has 1 aliphatic carbocycles. The highest BCUT2D eigenvalue weighted by Crippen LogP contribution is 2.52. The molecule has 0 aliphatic heterocycles. The van der Waals surface area contributed by atoms with Crippen molar-refractivity contribution in [1.29, 1.82) is 0 Å².